The number of aromatic carboxylic acids is 1. The average Bonchev–Trinajstić information content (AvgIpc) is 2.29. The van der Waals surface area contributed by atoms with Gasteiger partial charge in [-0.05, 0) is 0 Å². The molecule has 0 radical (unpaired) electrons. The molecule has 1 rings (SSSR count). The second-order valence-electron chi connectivity index (χ2n) is 2.39. The molecule has 0 aliphatic rings. The predicted octanol–water partition coefficient (Wildman–Crippen LogP) is 1.54. The molecule has 1 heterocycles. The normalized spacial score (nSPS) is 12.9. The van der Waals surface area contributed by atoms with Crippen LogP contribution in [0.1, 0.15) is 9.67 Å². The summed E-state index contributed by atoms with van der Waals surface area (Å²) >= 11 is 0. The van der Waals surface area contributed by atoms with E-state index in [9.17, 15) is 13.2 Å². The van der Waals surface area contributed by atoms with Crippen LogP contribution in [0.5, 0.6) is 0 Å². The highest BCUT2D eigenvalue weighted by molar-refractivity contribution is 7.91. The van der Waals surface area contributed by atoms with Crippen LogP contribution in [0.15, 0.2) is 16.3 Å². The molecule has 1 unspecified atom stereocenters. The van der Waals surface area contributed by atoms with Gasteiger partial charge >= 0.3 is 5.97 Å². The second kappa shape index (κ2) is 3.28. The molecule has 4 nitrogen and oxygen atoms in total. The fourth-order valence-electron chi connectivity index (χ4n) is 0.725. The van der Waals surface area contributed by atoms with Crippen LogP contribution in [0.4, 0.5) is 0 Å². The van der Waals surface area contributed by atoms with Crippen LogP contribution in [0.3, 0.4) is 0 Å². The van der Waals surface area contributed by atoms with E-state index in [4.69, 9.17) is 15.8 Å². The van der Waals surface area contributed by atoms with Crippen molar-refractivity contribution in [2.24, 2.45) is 0 Å². The third-order valence-electron chi connectivity index (χ3n) is 1.34. The first-order valence-corrected chi connectivity index (χ1v) is 7.09. The molecule has 0 saturated heterocycles. The lowest BCUT2D eigenvalue weighted by Crippen LogP contribution is -1.95. The van der Waals surface area contributed by atoms with Gasteiger partial charge in [-0.2, -0.15) is 0 Å². The second-order valence-corrected chi connectivity index (χ2v) is 6.65. The summed E-state index contributed by atoms with van der Waals surface area (Å²) in [7, 11) is 1.13. The summed E-state index contributed by atoms with van der Waals surface area (Å²) in [5.41, 5.74) is 0. The van der Waals surface area contributed by atoms with Crippen molar-refractivity contribution in [1.29, 1.82) is 0 Å². The molecular formula is C6H6ClO4S2+. The quantitative estimate of drug-likeness (QED) is 0.798. The van der Waals surface area contributed by atoms with Crippen molar-refractivity contribution >= 4 is 36.2 Å². The first-order chi connectivity index (χ1) is 5.82. The molecule has 0 fully saturated rings. The van der Waals surface area contributed by atoms with E-state index in [1.807, 2.05) is 0 Å². The number of carbonyl (C=O) groups is 1. The summed E-state index contributed by atoms with van der Waals surface area (Å²) in [5.74, 6) is -1.19. The Hall–Kier alpha value is -0.590. The van der Waals surface area contributed by atoms with Gasteiger partial charge in [-0.3, -0.25) is 0 Å². The van der Waals surface area contributed by atoms with Gasteiger partial charge in [-0.25, -0.2) is 13.2 Å². The number of thiophene rings is 1. The molecule has 1 aromatic heterocycles. The number of carboxylic acids is 1. The molecule has 1 N–H and O–H groups in total. The van der Waals surface area contributed by atoms with Crippen molar-refractivity contribution in [1.82, 2.24) is 0 Å². The zero-order valence-electron chi connectivity index (χ0n) is 6.52. The number of rotatable bonds is 2. The smallest absolute Gasteiger partial charge is 0.390 e. The Kier molecular flexibility index (Phi) is 2.65. The van der Waals surface area contributed by atoms with Gasteiger partial charge in [-0.1, -0.05) is 0 Å². The van der Waals surface area contributed by atoms with Crippen molar-refractivity contribution in [3.8, 4) is 0 Å². The first kappa shape index (κ1) is 10.5. The molecule has 13 heavy (non-hydrogen) atoms. The maximum Gasteiger partial charge on any atom is 0.390 e. The molecule has 0 saturated carbocycles. The maximum atomic E-state index is 11.0. The highest BCUT2D eigenvalue weighted by Gasteiger charge is 2.26. The summed E-state index contributed by atoms with van der Waals surface area (Å²) in [6.07, 6.45) is 1.01. The third-order valence-corrected chi connectivity index (χ3v) is 4.52. The Morgan fingerprint density at radius 3 is 2.38 bits per heavy atom. The van der Waals surface area contributed by atoms with Crippen LogP contribution >= 0.6 is 20.4 Å². The minimum atomic E-state index is -3.36. The van der Waals surface area contributed by atoms with E-state index in [1.165, 1.54) is 5.38 Å². The zero-order chi connectivity index (χ0) is 10.2. The van der Waals surface area contributed by atoms with Gasteiger partial charge in [0.25, 0.3) is 4.88 Å². The van der Waals surface area contributed by atoms with E-state index in [-0.39, 0.29) is 9.77 Å². The van der Waals surface area contributed by atoms with Crippen molar-refractivity contribution < 1.29 is 18.3 Å². The summed E-state index contributed by atoms with van der Waals surface area (Å²) in [5, 5.41) is 9.83. The average molecular weight is 242 g/mol. The van der Waals surface area contributed by atoms with Crippen LogP contribution in [0.2, 0.25) is 0 Å². The Morgan fingerprint density at radius 1 is 1.62 bits per heavy atom. The number of carboxylic acid groups (broad SMARTS) is 1. The van der Waals surface area contributed by atoms with Crippen molar-refractivity contribution in [2.45, 2.75) is 4.90 Å². The van der Waals surface area contributed by atoms with E-state index in [0.717, 1.165) is 12.3 Å². The fourth-order valence-corrected chi connectivity index (χ4v) is 3.70. The van der Waals surface area contributed by atoms with Crippen molar-refractivity contribution in [3.05, 3.63) is 16.3 Å². The Morgan fingerprint density at radius 2 is 2.15 bits per heavy atom. The number of sulfone groups is 1. The lowest BCUT2D eigenvalue weighted by molar-refractivity contribution is 0.0702. The lowest BCUT2D eigenvalue weighted by atomic mass is 10.5. The molecule has 1 atom stereocenters. The van der Waals surface area contributed by atoms with E-state index >= 15 is 0 Å². The Labute approximate surface area is 82.2 Å². The van der Waals surface area contributed by atoms with E-state index in [1.54, 1.807) is 0 Å². The summed E-state index contributed by atoms with van der Waals surface area (Å²) < 4.78 is 22.0. The van der Waals surface area contributed by atoms with Gasteiger partial charge in [0, 0.05) is 12.3 Å². The predicted molar refractivity (Wildman–Crippen MR) is 50.2 cm³/mol. The monoisotopic (exact) mass is 241 g/mol. The molecule has 0 spiro atoms. The standard InChI is InChI=1S/C6H5ClO4S2/c1-13(10,11)4-2-5(6(8)9)12(7)3-4/h2-3H,1H3/p+1. The molecule has 0 aromatic carbocycles. The Bertz CT molecular complexity index is 445. The molecule has 0 amide bonds. The van der Waals surface area contributed by atoms with Gasteiger partial charge in [0.05, 0.1) is 0 Å². The summed E-state index contributed by atoms with van der Waals surface area (Å²) in [6.45, 7) is 0. The lowest BCUT2D eigenvalue weighted by Gasteiger charge is -1.84. The van der Waals surface area contributed by atoms with Gasteiger partial charge in [0.2, 0.25) is 10.7 Å². The SMILES string of the molecule is CS(=O)(=O)c1cc(C(=O)O)[s+](Cl)c1. The number of hydrogen-bond donors (Lipinski definition) is 1. The molecule has 1 aromatic rings. The van der Waals surface area contributed by atoms with Crippen LogP contribution in [0.25, 0.3) is 0 Å². The van der Waals surface area contributed by atoms with Gasteiger partial charge in [-0.15, -0.1) is 0 Å². The van der Waals surface area contributed by atoms with E-state index < -0.39 is 25.5 Å². The molecule has 0 bridgehead atoms. The summed E-state index contributed by atoms with van der Waals surface area (Å²) in [4.78, 5) is 10.4. The third kappa shape index (κ3) is 2.20. The molecule has 0 aliphatic carbocycles. The van der Waals surface area contributed by atoms with Crippen molar-refractivity contribution in [2.75, 3.05) is 6.26 Å². The first-order valence-electron chi connectivity index (χ1n) is 3.08. The Balaban J connectivity index is 3.33. The molecule has 7 heteroatoms. The highest BCUT2D eigenvalue weighted by Crippen LogP contribution is 2.33. The highest BCUT2D eigenvalue weighted by atomic mass is 35.7. The zero-order valence-corrected chi connectivity index (χ0v) is 8.91. The molecular weight excluding hydrogens is 236 g/mol. The topological polar surface area (TPSA) is 71.4 Å². The fraction of sp³-hybridized carbons (Fsp3) is 0.167. The maximum absolute atomic E-state index is 11.0. The number of halogens is 1. The minimum absolute atomic E-state index is 0.0248. The molecule has 0 aliphatic heterocycles. The van der Waals surface area contributed by atoms with Crippen LogP contribution in [-0.4, -0.2) is 25.7 Å². The van der Waals surface area contributed by atoms with Crippen LogP contribution in [-0.2, 0) is 9.84 Å². The van der Waals surface area contributed by atoms with Gasteiger partial charge in [0.15, 0.2) is 15.2 Å². The number of hydrogen-bond acceptors (Lipinski definition) is 3. The van der Waals surface area contributed by atoms with E-state index in [2.05, 4.69) is 0 Å². The largest absolute Gasteiger partial charge is 0.474 e. The minimum Gasteiger partial charge on any atom is -0.474 e. The van der Waals surface area contributed by atoms with Crippen molar-refractivity contribution in [3.63, 3.8) is 0 Å². The van der Waals surface area contributed by atoms with Gasteiger partial charge < -0.3 is 5.11 Å². The molecule has 72 valence electrons. The van der Waals surface area contributed by atoms with E-state index in [0.29, 0.717) is 0 Å². The van der Waals surface area contributed by atoms with Crippen LogP contribution < -0.4 is 0 Å². The van der Waals surface area contributed by atoms with Crippen LogP contribution in [0, 0.1) is 0 Å². The summed E-state index contributed by atoms with van der Waals surface area (Å²) in [6, 6.07) is 1.09. The van der Waals surface area contributed by atoms with Gasteiger partial charge in [0.1, 0.15) is 14.6 Å².